The minimum absolute atomic E-state index is 0.408. The lowest BCUT2D eigenvalue weighted by Gasteiger charge is -2.36. The molecule has 100 valence electrons. The van der Waals surface area contributed by atoms with Crippen LogP contribution in [-0.4, -0.2) is 43.5 Å². The Morgan fingerprint density at radius 1 is 1.00 bits per heavy atom. The van der Waals surface area contributed by atoms with E-state index in [1.807, 2.05) is 0 Å². The van der Waals surface area contributed by atoms with E-state index in [1.165, 1.54) is 64.6 Å². The van der Waals surface area contributed by atoms with Gasteiger partial charge in [-0.25, -0.2) is 0 Å². The van der Waals surface area contributed by atoms with Crippen molar-refractivity contribution in [2.24, 2.45) is 5.41 Å². The molecular weight excluding hydrogens is 232 g/mol. The van der Waals surface area contributed by atoms with E-state index in [-0.39, 0.29) is 0 Å². The van der Waals surface area contributed by atoms with Crippen LogP contribution >= 0.6 is 11.6 Å². The van der Waals surface area contributed by atoms with Gasteiger partial charge in [0.2, 0.25) is 0 Å². The first kappa shape index (κ1) is 13.6. The summed E-state index contributed by atoms with van der Waals surface area (Å²) < 4.78 is 0. The topological polar surface area (TPSA) is 15.3 Å². The molecule has 2 nitrogen and oxygen atoms in total. The average Bonchev–Trinajstić information content (AvgIpc) is 2.89. The highest BCUT2D eigenvalue weighted by Gasteiger charge is 2.30. The van der Waals surface area contributed by atoms with Crippen molar-refractivity contribution < 1.29 is 0 Å². The Kier molecular flexibility index (Phi) is 5.58. The molecule has 0 unspecified atom stereocenters. The molecule has 3 heteroatoms. The van der Waals surface area contributed by atoms with Crippen LogP contribution in [0.4, 0.5) is 0 Å². The average molecular weight is 259 g/mol. The summed E-state index contributed by atoms with van der Waals surface area (Å²) in [5, 5.41) is 3.65. The maximum absolute atomic E-state index is 6.19. The van der Waals surface area contributed by atoms with Gasteiger partial charge < -0.3 is 10.2 Å². The number of hydrogen-bond donors (Lipinski definition) is 1. The zero-order valence-electron chi connectivity index (χ0n) is 11.0. The summed E-state index contributed by atoms with van der Waals surface area (Å²) in [6.45, 7) is 6.10. The third-order valence-corrected chi connectivity index (χ3v) is 5.07. The zero-order chi connectivity index (χ0) is 12.0. The normalized spacial score (nSPS) is 25.2. The summed E-state index contributed by atoms with van der Waals surface area (Å²) in [4.78, 5) is 2.57. The lowest BCUT2D eigenvalue weighted by Crippen LogP contribution is -2.40. The summed E-state index contributed by atoms with van der Waals surface area (Å²) in [6.07, 6.45) is 9.60. The van der Waals surface area contributed by atoms with Gasteiger partial charge >= 0.3 is 0 Å². The van der Waals surface area contributed by atoms with Gasteiger partial charge in [-0.1, -0.05) is 19.3 Å². The lowest BCUT2D eigenvalue weighted by atomic mass is 9.75. The van der Waals surface area contributed by atoms with Crippen LogP contribution in [0.5, 0.6) is 0 Å². The third kappa shape index (κ3) is 4.11. The smallest absolute Gasteiger partial charge is 0.0292 e. The molecule has 0 aromatic heterocycles. The van der Waals surface area contributed by atoms with Crippen molar-refractivity contribution >= 4 is 11.6 Å². The molecule has 0 spiro atoms. The standard InChI is InChI=1S/C14H27ClN2/c15-12-14(6-2-1-3-7-14)13-16-8-11-17-9-4-5-10-17/h16H,1-13H2. The van der Waals surface area contributed by atoms with Crippen molar-refractivity contribution in [3.05, 3.63) is 0 Å². The third-order valence-electron chi connectivity index (χ3n) is 4.50. The summed E-state index contributed by atoms with van der Waals surface area (Å²) in [6, 6.07) is 0. The molecule has 1 N–H and O–H groups in total. The zero-order valence-corrected chi connectivity index (χ0v) is 11.8. The highest BCUT2D eigenvalue weighted by atomic mass is 35.5. The van der Waals surface area contributed by atoms with Crippen molar-refractivity contribution in [3.8, 4) is 0 Å². The van der Waals surface area contributed by atoms with E-state index in [0.29, 0.717) is 5.41 Å². The van der Waals surface area contributed by atoms with Crippen LogP contribution in [-0.2, 0) is 0 Å². The maximum Gasteiger partial charge on any atom is 0.0292 e. The van der Waals surface area contributed by atoms with Crippen LogP contribution in [0.1, 0.15) is 44.9 Å². The minimum atomic E-state index is 0.408. The Morgan fingerprint density at radius 3 is 2.35 bits per heavy atom. The van der Waals surface area contributed by atoms with E-state index in [0.717, 1.165) is 19.0 Å². The number of alkyl halides is 1. The fraction of sp³-hybridized carbons (Fsp3) is 1.00. The first-order valence-electron chi connectivity index (χ1n) is 7.34. The first-order chi connectivity index (χ1) is 8.35. The summed E-state index contributed by atoms with van der Waals surface area (Å²) in [5.74, 6) is 0.837. The molecule has 0 aromatic rings. The molecule has 0 aromatic carbocycles. The van der Waals surface area contributed by atoms with Crippen molar-refractivity contribution in [2.75, 3.05) is 38.6 Å². The second-order valence-electron chi connectivity index (χ2n) is 5.92. The molecule has 17 heavy (non-hydrogen) atoms. The molecular formula is C14H27ClN2. The predicted molar refractivity (Wildman–Crippen MR) is 74.8 cm³/mol. The fourth-order valence-corrected chi connectivity index (χ4v) is 3.62. The van der Waals surface area contributed by atoms with Crippen molar-refractivity contribution in [1.29, 1.82) is 0 Å². The van der Waals surface area contributed by atoms with Gasteiger partial charge in [-0.2, -0.15) is 0 Å². The van der Waals surface area contributed by atoms with Crippen molar-refractivity contribution in [2.45, 2.75) is 44.9 Å². The van der Waals surface area contributed by atoms with Crippen molar-refractivity contribution in [3.63, 3.8) is 0 Å². The molecule has 0 radical (unpaired) electrons. The number of rotatable bonds is 6. The molecule has 2 rings (SSSR count). The predicted octanol–water partition coefficient (Wildman–Crippen LogP) is 2.86. The second kappa shape index (κ2) is 6.96. The number of likely N-dealkylation sites (tertiary alicyclic amines) is 1. The molecule has 1 aliphatic carbocycles. The minimum Gasteiger partial charge on any atom is -0.315 e. The monoisotopic (exact) mass is 258 g/mol. The Bertz CT molecular complexity index is 208. The Labute approximate surface area is 111 Å². The van der Waals surface area contributed by atoms with E-state index in [2.05, 4.69) is 10.2 Å². The van der Waals surface area contributed by atoms with Gasteiger partial charge in [0.1, 0.15) is 0 Å². The molecule has 1 aliphatic heterocycles. The van der Waals surface area contributed by atoms with Gasteiger partial charge in [-0.3, -0.25) is 0 Å². The Hall–Kier alpha value is 0.210. The van der Waals surface area contributed by atoms with Gasteiger partial charge in [-0.15, -0.1) is 11.6 Å². The molecule has 0 atom stereocenters. The fourth-order valence-electron chi connectivity index (χ4n) is 3.26. The van der Waals surface area contributed by atoms with Crippen molar-refractivity contribution in [1.82, 2.24) is 10.2 Å². The molecule has 0 bridgehead atoms. The second-order valence-corrected chi connectivity index (χ2v) is 6.19. The quantitative estimate of drug-likeness (QED) is 0.582. The van der Waals surface area contributed by atoms with E-state index < -0.39 is 0 Å². The molecule has 2 fully saturated rings. The highest BCUT2D eigenvalue weighted by molar-refractivity contribution is 6.18. The Morgan fingerprint density at radius 2 is 1.71 bits per heavy atom. The lowest BCUT2D eigenvalue weighted by molar-refractivity contribution is 0.208. The van der Waals surface area contributed by atoms with Crippen LogP contribution in [0.3, 0.4) is 0 Å². The Balaban J connectivity index is 1.61. The highest BCUT2D eigenvalue weighted by Crippen LogP contribution is 2.36. The van der Waals surface area contributed by atoms with Gasteiger partial charge in [0.25, 0.3) is 0 Å². The van der Waals surface area contributed by atoms with Gasteiger partial charge in [-0.05, 0) is 44.2 Å². The molecule has 1 heterocycles. The molecule has 2 aliphatic rings. The van der Waals surface area contributed by atoms with E-state index in [4.69, 9.17) is 11.6 Å². The molecule has 0 amide bonds. The van der Waals surface area contributed by atoms with Crippen LogP contribution in [0.2, 0.25) is 0 Å². The van der Waals surface area contributed by atoms with E-state index >= 15 is 0 Å². The van der Waals surface area contributed by atoms with Gasteiger partial charge in [0, 0.05) is 25.5 Å². The van der Waals surface area contributed by atoms with E-state index in [9.17, 15) is 0 Å². The van der Waals surface area contributed by atoms with Crippen LogP contribution in [0.25, 0.3) is 0 Å². The maximum atomic E-state index is 6.19. The molecule has 1 saturated carbocycles. The first-order valence-corrected chi connectivity index (χ1v) is 7.87. The number of hydrogen-bond acceptors (Lipinski definition) is 2. The van der Waals surface area contributed by atoms with E-state index in [1.54, 1.807) is 0 Å². The summed E-state index contributed by atoms with van der Waals surface area (Å²) >= 11 is 6.19. The van der Waals surface area contributed by atoms with Crippen LogP contribution < -0.4 is 5.32 Å². The number of nitrogens with one attached hydrogen (secondary N) is 1. The SMILES string of the molecule is ClCC1(CNCCN2CCCC2)CCCCC1. The number of halogens is 1. The van der Waals surface area contributed by atoms with Gasteiger partial charge in [0.05, 0.1) is 0 Å². The summed E-state index contributed by atoms with van der Waals surface area (Å²) in [7, 11) is 0. The number of nitrogens with zero attached hydrogens (tertiary/aromatic N) is 1. The van der Waals surface area contributed by atoms with Crippen LogP contribution in [0, 0.1) is 5.41 Å². The summed E-state index contributed by atoms with van der Waals surface area (Å²) in [5.41, 5.74) is 0.408. The molecule has 1 saturated heterocycles. The van der Waals surface area contributed by atoms with Gasteiger partial charge in [0.15, 0.2) is 0 Å². The largest absolute Gasteiger partial charge is 0.315 e. The van der Waals surface area contributed by atoms with Crippen LogP contribution in [0.15, 0.2) is 0 Å².